The molecule has 0 atom stereocenters. The predicted molar refractivity (Wildman–Crippen MR) is 58.8 cm³/mol. The van der Waals surface area contributed by atoms with Gasteiger partial charge in [0.2, 0.25) is 0 Å². The molecule has 2 aromatic rings. The second kappa shape index (κ2) is 3.80. The van der Waals surface area contributed by atoms with Gasteiger partial charge in [-0.1, -0.05) is 0 Å². The number of methoxy groups -OCH3 is 1. The highest BCUT2D eigenvalue weighted by molar-refractivity contribution is 7.13. The monoisotopic (exact) mass is 205 g/mol. The Hall–Kier alpha value is -1.35. The highest BCUT2D eigenvalue weighted by atomic mass is 32.1. The number of pyridine rings is 1. The van der Waals surface area contributed by atoms with Gasteiger partial charge in [-0.15, -0.1) is 11.3 Å². The summed E-state index contributed by atoms with van der Waals surface area (Å²) < 4.78 is 5.27. The number of ether oxygens (including phenoxy) is 1. The lowest BCUT2D eigenvalue weighted by Crippen LogP contribution is -1.88. The molecule has 0 bridgehead atoms. The number of nitrogens with zero attached hydrogens (tertiary/aromatic N) is 1. The zero-order valence-electron chi connectivity index (χ0n) is 8.15. The fourth-order valence-corrected chi connectivity index (χ4v) is 2.34. The molecule has 14 heavy (non-hydrogen) atoms. The largest absolute Gasteiger partial charge is 0.494 e. The van der Waals surface area contributed by atoms with Crippen LogP contribution in [0.3, 0.4) is 0 Å². The van der Waals surface area contributed by atoms with E-state index in [2.05, 4.69) is 23.4 Å². The summed E-state index contributed by atoms with van der Waals surface area (Å²) in [6.45, 7) is 2.10. The van der Waals surface area contributed by atoms with Crippen LogP contribution in [0.15, 0.2) is 29.9 Å². The van der Waals surface area contributed by atoms with Crippen molar-refractivity contribution in [2.45, 2.75) is 6.92 Å². The summed E-state index contributed by atoms with van der Waals surface area (Å²) in [7, 11) is 1.67. The van der Waals surface area contributed by atoms with E-state index in [1.165, 1.54) is 10.4 Å². The third kappa shape index (κ3) is 1.51. The SMILES string of the molecule is COc1cnccc1-c1sccc1C. The van der Waals surface area contributed by atoms with Crippen LogP contribution in [-0.4, -0.2) is 12.1 Å². The average molecular weight is 205 g/mol. The van der Waals surface area contributed by atoms with Gasteiger partial charge in [0.1, 0.15) is 5.75 Å². The molecule has 0 aliphatic carbocycles. The normalized spacial score (nSPS) is 10.1. The Morgan fingerprint density at radius 3 is 2.86 bits per heavy atom. The summed E-state index contributed by atoms with van der Waals surface area (Å²) in [6.07, 6.45) is 3.53. The molecule has 0 aromatic carbocycles. The molecule has 72 valence electrons. The van der Waals surface area contributed by atoms with Crippen LogP contribution in [0.2, 0.25) is 0 Å². The van der Waals surface area contributed by atoms with Crippen LogP contribution >= 0.6 is 11.3 Å². The van der Waals surface area contributed by atoms with Gasteiger partial charge in [-0.2, -0.15) is 0 Å². The van der Waals surface area contributed by atoms with Gasteiger partial charge in [0.05, 0.1) is 13.3 Å². The number of hydrogen-bond acceptors (Lipinski definition) is 3. The van der Waals surface area contributed by atoms with Crippen LogP contribution in [-0.2, 0) is 0 Å². The van der Waals surface area contributed by atoms with E-state index in [-0.39, 0.29) is 0 Å². The van der Waals surface area contributed by atoms with Crippen molar-refractivity contribution in [2.24, 2.45) is 0 Å². The van der Waals surface area contributed by atoms with E-state index in [0.717, 1.165) is 11.3 Å². The van der Waals surface area contributed by atoms with Crippen LogP contribution in [0.5, 0.6) is 5.75 Å². The number of aryl methyl sites for hydroxylation is 1. The first kappa shape index (κ1) is 9.21. The number of rotatable bonds is 2. The van der Waals surface area contributed by atoms with Gasteiger partial charge in [-0.25, -0.2) is 0 Å². The molecule has 3 heteroatoms. The van der Waals surface area contributed by atoms with Crippen molar-refractivity contribution >= 4 is 11.3 Å². The van der Waals surface area contributed by atoms with Crippen LogP contribution < -0.4 is 4.74 Å². The van der Waals surface area contributed by atoms with E-state index in [1.807, 2.05) is 6.07 Å². The molecule has 0 saturated heterocycles. The molecule has 0 aliphatic rings. The van der Waals surface area contributed by atoms with E-state index in [1.54, 1.807) is 30.8 Å². The molecule has 2 heterocycles. The quantitative estimate of drug-likeness (QED) is 0.751. The van der Waals surface area contributed by atoms with E-state index >= 15 is 0 Å². The molecule has 2 aromatic heterocycles. The molecular weight excluding hydrogens is 194 g/mol. The second-order valence-electron chi connectivity index (χ2n) is 3.01. The standard InChI is InChI=1S/C11H11NOS/c1-8-4-6-14-11(8)9-3-5-12-7-10(9)13-2/h3-7H,1-2H3. The van der Waals surface area contributed by atoms with Crippen molar-refractivity contribution in [1.82, 2.24) is 4.98 Å². The van der Waals surface area contributed by atoms with Gasteiger partial charge in [-0.3, -0.25) is 4.98 Å². The maximum Gasteiger partial charge on any atom is 0.145 e. The third-order valence-corrected chi connectivity index (χ3v) is 3.16. The summed E-state index contributed by atoms with van der Waals surface area (Å²) in [4.78, 5) is 5.29. The highest BCUT2D eigenvalue weighted by Crippen LogP contribution is 2.34. The molecule has 0 saturated carbocycles. The van der Waals surface area contributed by atoms with E-state index in [0.29, 0.717) is 0 Å². The predicted octanol–water partition coefficient (Wildman–Crippen LogP) is 3.13. The van der Waals surface area contributed by atoms with E-state index in [9.17, 15) is 0 Å². The molecule has 2 rings (SSSR count). The zero-order chi connectivity index (χ0) is 9.97. The molecule has 0 N–H and O–H groups in total. The van der Waals surface area contributed by atoms with Gasteiger partial charge in [0.25, 0.3) is 0 Å². The van der Waals surface area contributed by atoms with Crippen molar-refractivity contribution < 1.29 is 4.74 Å². The second-order valence-corrected chi connectivity index (χ2v) is 3.92. The smallest absolute Gasteiger partial charge is 0.145 e. The summed E-state index contributed by atoms with van der Waals surface area (Å²) in [5.41, 5.74) is 2.40. The van der Waals surface area contributed by atoms with Gasteiger partial charge >= 0.3 is 0 Å². The minimum Gasteiger partial charge on any atom is -0.494 e. The van der Waals surface area contributed by atoms with Crippen molar-refractivity contribution in [3.63, 3.8) is 0 Å². The Labute approximate surface area is 87.2 Å². The van der Waals surface area contributed by atoms with Gasteiger partial charge in [0, 0.05) is 16.6 Å². The van der Waals surface area contributed by atoms with Crippen LogP contribution in [0.4, 0.5) is 0 Å². The molecule has 0 unspecified atom stereocenters. The molecule has 2 nitrogen and oxygen atoms in total. The van der Waals surface area contributed by atoms with E-state index < -0.39 is 0 Å². The van der Waals surface area contributed by atoms with Crippen molar-refractivity contribution in [1.29, 1.82) is 0 Å². The minimum absolute atomic E-state index is 0.832. The lowest BCUT2D eigenvalue weighted by atomic mass is 10.1. The number of hydrogen-bond donors (Lipinski definition) is 0. The topological polar surface area (TPSA) is 22.1 Å². The molecule has 0 spiro atoms. The lowest BCUT2D eigenvalue weighted by molar-refractivity contribution is 0.414. The summed E-state index contributed by atoms with van der Waals surface area (Å²) in [5, 5.41) is 2.09. The van der Waals surface area contributed by atoms with Gasteiger partial charge < -0.3 is 4.74 Å². The summed E-state index contributed by atoms with van der Waals surface area (Å²) >= 11 is 1.72. The maximum atomic E-state index is 5.27. The molecule has 0 amide bonds. The molecular formula is C11H11NOS. The maximum absolute atomic E-state index is 5.27. The van der Waals surface area contributed by atoms with Crippen LogP contribution in [0, 0.1) is 6.92 Å². The average Bonchev–Trinajstić information content (AvgIpc) is 2.64. The molecule has 0 fully saturated rings. The first-order valence-electron chi connectivity index (χ1n) is 4.35. The van der Waals surface area contributed by atoms with Crippen LogP contribution in [0.25, 0.3) is 10.4 Å². The first-order valence-corrected chi connectivity index (χ1v) is 5.23. The fraction of sp³-hybridized carbons (Fsp3) is 0.182. The fourth-order valence-electron chi connectivity index (χ4n) is 1.38. The number of aromatic nitrogens is 1. The first-order chi connectivity index (χ1) is 6.83. The molecule has 0 radical (unpaired) electrons. The van der Waals surface area contributed by atoms with E-state index in [4.69, 9.17) is 4.74 Å². The Kier molecular flexibility index (Phi) is 2.50. The Balaban J connectivity index is 2.56. The van der Waals surface area contributed by atoms with Gasteiger partial charge in [-0.05, 0) is 30.0 Å². The van der Waals surface area contributed by atoms with Crippen molar-refractivity contribution in [2.75, 3.05) is 7.11 Å². The minimum atomic E-state index is 0.832. The summed E-state index contributed by atoms with van der Waals surface area (Å²) in [6, 6.07) is 4.09. The molecule has 0 aliphatic heterocycles. The lowest BCUT2D eigenvalue weighted by Gasteiger charge is -2.06. The number of thiophene rings is 1. The van der Waals surface area contributed by atoms with Crippen molar-refractivity contribution in [3.8, 4) is 16.2 Å². The third-order valence-electron chi connectivity index (χ3n) is 2.11. The van der Waals surface area contributed by atoms with Gasteiger partial charge in [0.15, 0.2) is 0 Å². The zero-order valence-corrected chi connectivity index (χ0v) is 8.97. The Morgan fingerprint density at radius 1 is 1.36 bits per heavy atom. The summed E-state index contributed by atoms with van der Waals surface area (Å²) in [5.74, 6) is 0.832. The Bertz CT molecular complexity index is 436. The highest BCUT2D eigenvalue weighted by Gasteiger charge is 2.08. The van der Waals surface area contributed by atoms with Crippen molar-refractivity contribution in [3.05, 3.63) is 35.5 Å². The Morgan fingerprint density at radius 2 is 2.21 bits per heavy atom. The van der Waals surface area contributed by atoms with Crippen LogP contribution in [0.1, 0.15) is 5.56 Å².